The maximum atomic E-state index is 13.4. The summed E-state index contributed by atoms with van der Waals surface area (Å²) in [5.74, 6) is 0.0387. The fourth-order valence-corrected chi connectivity index (χ4v) is 5.19. The number of amides is 1. The van der Waals surface area contributed by atoms with Gasteiger partial charge < -0.3 is 10.2 Å². The van der Waals surface area contributed by atoms with Gasteiger partial charge in [0.1, 0.15) is 0 Å². The molecule has 3 rings (SSSR count). The third-order valence-corrected chi connectivity index (χ3v) is 6.92. The van der Waals surface area contributed by atoms with Crippen molar-refractivity contribution in [2.45, 2.75) is 29.8 Å². The van der Waals surface area contributed by atoms with E-state index < -0.39 is 50.3 Å². The molecular weight excluding hydrogens is 430 g/mol. The molecule has 1 fully saturated rings. The van der Waals surface area contributed by atoms with Gasteiger partial charge in [0, 0.05) is 12.6 Å². The van der Waals surface area contributed by atoms with Gasteiger partial charge in [-0.05, 0) is 30.4 Å². The second-order valence-electron chi connectivity index (χ2n) is 7.21. The van der Waals surface area contributed by atoms with Crippen molar-refractivity contribution in [3.63, 3.8) is 0 Å². The molecule has 0 spiro atoms. The molecule has 0 aromatic heterocycles. The smallest absolute Gasteiger partial charge is 0.407 e. The molecule has 168 valence electrons. The topological polar surface area (TPSA) is 151 Å². The van der Waals surface area contributed by atoms with E-state index in [0.29, 0.717) is 10.0 Å². The quantitative estimate of drug-likeness (QED) is 0.326. The van der Waals surface area contributed by atoms with Crippen LogP contribution in [0, 0.1) is 16.0 Å². The van der Waals surface area contributed by atoms with Gasteiger partial charge in [-0.15, -0.1) is 6.58 Å². The van der Waals surface area contributed by atoms with E-state index in [1.54, 1.807) is 6.08 Å². The molecule has 1 heterocycles. The summed E-state index contributed by atoms with van der Waals surface area (Å²) < 4.78 is 27.4. The number of nitro groups is 1. The number of aliphatic hydroxyl groups excluding tert-OH is 1. The number of aliphatic hydroxyl groups is 1. The summed E-state index contributed by atoms with van der Waals surface area (Å²) in [4.78, 5) is 28.2. The second-order valence-corrected chi connectivity index (χ2v) is 8.96. The molecule has 2 N–H and O–H groups in total. The van der Waals surface area contributed by atoms with Gasteiger partial charge in [0.05, 0.1) is 30.2 Å². The SMILES string of the molecule is C=CCON([C@@H]1C=C(C2CC2)[C@@H](CO)N(C(=O)O)C1)S(=O)(=O)c1ccccc1[N+](=O)[O-]. The first-order valence-electron chi connectivity index (χ1n) is 9.56. The van der Waals surface area contributed by atoms with Crippen LogP contribution >= 0.6 is 0 Å². The third kappa shape index (κ3) is 4.61. The van der Waals surface area contributed by atoms with Crippen molar-refractivity contribution in [1.29, 1.82) is 0 Å². The molecule has 1 saturated carbocycles. The summed E-state index contributed by atoms with van der Waals surface area (Å²) in [6, 6.07) is 2.99. The van der Waals surface area contributed by atoms with Gasteiger partial charge in [0.2, 0.25) is 0 Å². The lowest BCUT2D eigenvalue weighted by Gasteiger charge is -2.40. The highest BCUT2D eigenvalue weighted by Gasteiger charge is 2.44. The van der Waals surface area contributed by atoms with Gasteiger partial charge in [0.15, 0.2) is 4.90 Å². The largest absolute Gasteiger partial charge is 0.465 e. The Hall–Kier alpha value is -2.80. The minimum Gasteiger partial charge on any atom is -0.465 e. The number of benzene rings is 1. The molecule has 11 nitrogen and oxygen atoms in total. The summed E-state index contributed by atoms with van der Waals surface area (Å²) in [5, 5.41) is 30.8. The number of hydrogen-bond acceptors (Lipinski definition) is 7. The Bertz CT molecular complexity index is 1010. The predicted octanol–water partition coefficient (Wildman–Crippen LogP) is 1.76. The van der Waals surface area contributed by atoms with Crippen LogP contribution in [0.15, 0.2) is 53.5 Å². The molecule has 1 aromatic carbocycles. The summed E-state index contributed by atoms with van der Waals surface area (Å²) >= 11 is 0. The molecule has 31 heavy (non-hydrogen) atoms. The average molecular weight is 453 g/mol. The Morgan fingerprint density at radius 2 is 2.06 bits per heavy atom. The fourth-order valence-electron chi connectivity index (χ4n) is 3.65. The Kier molecular flexibility index (Phi) is 6.74. The number of nitrogens with zero attached hydrogens (tertiary/aromatic N) is 3. The Labute approximate surface area is 179 Å². The third-order valence-electron chi connectivity index (χ3n) is 5.16. The number of nitro benzene ring substituents is 1. The highest BCUT2D eigenvalue weighted by molar-refractivity contribution is 7.89. The van der Waals surface area contributed by atoms with E-state index in [-0.39, 0.29) is 19.1 Å². The Balaban J connectivity index is 2.10. The first-order valence-corrected chi connectivity index (χ1v) is 11.0. The maximum absolute atomic E-state index is 13.4. The summed E-state index contributed by atoms with van der Waals surface area (Å²) in [6.07, 6.45) is 3.18. The molecule has 0 saturated heterocycles. The number of carboxylic acid groups (broad SMARTS) is 1. The zero-order chi connectivity index (χ0) is 22.8. The normalized spacial score (nSPS) is 21.6. The summed E-state index contributed by atoms with van der Waals surface area (Å²) in [5.41, 5.74) is -0.00801. The van der Waals surface area contributed by atoms with E-state index in [1.807, 2.05) is 0 Å². The van der Waals surface area contributed by atoms with E-state index >= 15 is 0 Å². The van der Waals surface area contributed by atoms with Crippen LogP contribution in [0.3, 0.4) is 0 Å². The van der Waals surface area contributed by atoms with Crippen LogP contribution in [0.4, 0.5) is 10.5 Å². The van der Waals surface area contributed by atoms with E-state index in [0.717, 1.165) is 29.9 Å². The zero-order valence-corrected chi connectivity index (χ0v) is 17.3. The van der Waals surface area contributed by atoms with Crippen LogP contribution in [-0.4, -0.2) is 70.9 Å². The fraction of sp³-hybridized carbons (Fsp3) is 0.421. The van der Waals surface area contributed by atoms with Crippen LogP contribution in [0.2, 0.25) is 0 Å². The summed E-state index contributed by atoms with van der Waals surface area (Å²) in [7, 11) is -4.56. The van der Waals surface area contributed by atoms with E-state index in [9.17, 15) is 33.5 Å². The lowest BCUT2D eigenvalue weighted by molar-refractivity contribution is -0.387. The molecule has 1 aliphatic heterocycles. The molecule has 0 unspecified atom stereocenters. The number of para-hydroxylation sites is 1. The van der Waals surface area contributed by atoms with Gasteiger partial charge >= 0.3 is 6.09 Å². The molecule has 1 aliphatic carbocycles. The van der Waals surface area contributed by atoms with Crippen molar-refractivity contribution in [2.24, 2.45) is 5.92 Å². The standard InChI is InChI=1S/C19H23N3O8S/c1-2-9-30-22(31(28,29)18-6-4-3-5-16(18)21(26)27)14-10-15(13-7-8-13)17(12-23)20(11-14)19(24)25/h2-6,10,13-14,17,23H,1,7-9,11-12H2,(H,24,25)/t14-,17-/m1/s1. The lowest BCUT2D eigenvalue weighted by Crippen LogP contribution is -2.55. The average Bonchev–Trinajstić information content (AvgIpc) is 3.58. The molecule has 0 radical (unpaired) electrons. The number of hydroxylamine groups is 1. The molecule has 1 amide bonds. The van der Waals surface area contributed by atoms with Crippen LogP contribution in [0.5, 0.6) is 0 Å². The van der Waals surface area contributed by atoms with Gasteiger partial charge in [0.25, 0.3) is 15.7 Å². The van der Waals surface area contributed by atoms with E-state index in [2.05, 4.69) is 6.58 Å². The van der Waals surface area contributed by atoms with Gasteiger partial charge in [-0.1, -0.05) is 28.8 Å². The van der Waals surface area contributed by atoms with Crippen molar-refractivity contribution < 1.29 is 33.2 Å². The number of sulfonamides is 1. The molecule has 1 aromatic rings. The minimum atomic E-state index is -4.56. The molecule has 2 atom stereocenters. The van der Waals surface area contributed by atoms with E-state index in [1.165, 1.54) is 18.2 Å². The van der Waals surface area contributed by atoms with E-state index in [4.69, 9.17) is 4.84 Å². The van der Waals surface area contributed by atoms with Crippen molar-refractivity contribution in [2.75, 3.05) is 19.8 Å². The van der Waals surface area contributed by atoms with Crippen molar-refractivity contribution in [1.82, 2.24) is 9.37 Å². The first-order chi connectivity index (χ1) is 14.7. The maximum Gasteiger partial charge on any atom is 0.407 e. The molecule has 2 aliphatic rings. The van der Waals surface area contributed by atoms with Crippen LogP contribution in [-0.2, 0) is 14.9 Å². The summed E-state index contributed by atoms with van der Waals surface area (Å²) in [6.45, 7) is 2.52. The second kappa shape index (κ2) is 9.14. The van der Waals surface area contributed by atoms with Gasteiger partial charge in [-0.3, -0.25) is 19.9 Å². The van der Waals surface area contributed by atoms with Crippen molar-refractivity contribution in [3.8, 4) is 0 Å². The van der Waals surface area contributed by atoms with Gasteiger partial charge in [-0.25, -0.2) is 13.2 Å². The Morgan fingerprint density at radius 3 is 2.61 bits per heavy atom. The van der Waals surface area contributed by atoms with Gasteiger partial charge in [-0.2, -0.15) is 0 Å². The highest BCUT2D eigenvalue weighted by atomic mass is 32.2. The van der Waals surface area contributed by atoms with Crippen molar-refractivity contribution >= 4 is 21.8 Å². The number of hydrogen-bond donors (Lipinski definition) is 2. The monoisotopic (exact) mass is 453 g/mol. The van der Waals surface area contributed by atoms with Crippen molar-refractivity contribution in [3.05, 3.63) is 58.7 Å². The number of carbonyl (C=O) groups is 1. The molecular formula is C19H23N3O8S. The number of rotatable bonds is 9. The van der Waals surface area contributed by atoms with Crippen LogP contribution in [0.1, 0.15) is 12.8 Å². The minimum absolute atomic E-state index is 0.0387. The zero-order valence-electron chi connectivity index (χ0n) is 16.5. The lowest BCUT2D eigenvalue weighted by atomic mass is 9.94. The predicted molar refractivity (Wildman–Crippen MR) is 108 cm³/mol. The Morgan fingerprint density at radius 1 is 1.39 bits per heavy atom. The highest BCUT2D eigenvalue weighted by Crippen LogP contribution is 2.42. The van der Waals surface area contributed by atoms with Crippen LogP contribution in [0.25, 0.3) is 0 Å². The first kappa shape index (κ1) is 22.9. The molecule has 12 heteroatoms. The van der Waals surface area contributed by atoms with Crippen LogP contribution < -0.4 is 0 Å². The molecule has 0 bridgehead atoms.